The Morgan fingerprint density at radius 2 is 2.15 bits per heavy atom. The summed E-state index contributed by atoms with van der Waals surface area (Å²) in [7, 11) is 0. The Bertz CT molecular complexity index is 268. The van der Waals surface area contributed by atoms with E-state index in [9.17, 15) is 0 Å². The van der Waals surface area contributed by atoms with Crippen molar-refractivity contribution in [1.29, 1.82) is 0 Å². The van der Waals surface area contributed by atoms with E-state index < -0.39 is 0 Å². The van der Waals surface area contributed by atoms with E-state index in [2.05, 4.69) is 10.2 Å². The molecular weight excluding hydrogens is 184 g/mol. The second-order valence-corrected chi connectivity index (χ2v) is 4.50. The van der Waals surface area contributed by atoms with Crippen molar-refractivity contribution in [3.63, 3.8) is 0 Å². The van der Waals surface area contributed by atoms with E-state index in [-0.39, 0.29) is 0 Å². The third-order valence-electron chi connectivity index (χ3n) is 2.36. The summed E-state index contributed by atoms with van der Waals surface area (Å²) < 4.78 is 5.54. The second-order valence-electron chi connectivity index (χ2n) is 3.27. The highest BCUT2D eigenvalue weighted by atomic mass is 32.2. The van der Waals surface area contributed by atoms with Crippen LogP contribution in [0.3, 0.4) is 0 Å². The zero-order valence-corrected chi connectivity index (χ0v) is 8.64. The van der Waals surface area contributed by atoms with Crippen molar-refractivity contribution >= 4 is 11.8 Å². The first-order chi connectivity index (χ1) is 6.40. The molecule has 2 rings (SSSR count). The van der Waals surface area contributed by atoms with Crippen LogP contribution in [0.1, 0.15) is 37.5 Å². The van der Waals surface area contributed by atoms with Crippen LogP contribution in [0.5, 0.6) is 0 Å². The Morgan fingerprint density at radius 3 is 2.77 bits per heavy atom. The van der Waals surface area contributed by atoms with E-state index in [1.54, 1.807) is 0 Å². The van der Waals surface area contributed by atoms with Crippen LogP contribution in [0.4, 0.5) is 0 Å². The topological polar surface area (TPSA) is 38.9 Å². The van der Waals surface area contributed by atoms with Gasteiger partial charge in [-0.15, -0.1) is 10.2 Å². The molecule has 0 spiro atoms. The van der Waals surface area contributed by atoms with Gasteiger partial charge in [-0.3, -0.25) is 0 Å². The minimum atomic E-state index is 0.522. The third-order valence-corrected chi connectivity index (χ3v) is 3.40. The molecule has 0 aliphatic carbocycles. The molecule has 1 aliphatic heterocycles. The van der Waals surface area contributed by atoms with Crippen molar-refractivity contribution in [3.05, 3.63) is 11.8 Å². The highest BCUT2D eigenvalue weighted by molar-refractivity contribution is 7.99. The summed E-state index contributed by atoms with van der Waals surface area (Å²) in [4.78, 5) is 0. The summed E-state index contributed by atoms with van der Waals surface area (Å²) in [5.41, 5.74) is 0. The fraction of sp³-hybridized carbons (Fsp3) is 0.778. The fourth-order valence-corrected chi connectivity index (χ4v) is 2.63. The van der Waals surface area contributed by atoms with Gasteiger partial charge in [-0.25, -0.2) is 0 Å². The maximum atomic E-state index is 5.54. The molecule has 2 heterocycles. The molecule has 1 aromatic heterocycles. The molecule has 0 bridgehead atoms. The standard InChI is InChI=1S/C9H14N2OS/c1-2-8-10-11-9(12-8)7-3-5-13-6-4-7/h7H,2-6H2,1H3. The van der Waals surface area contributed by atoms with E-state index in [1.807, 2.05) is 18.7 Å². The maximum absolute atomic E-state index is 5.54. The molecule has 0 saturated carbocycles. The lowest BCUT2D eigenvalue weighted by Crippen LogP contribution is -2.07. The molecule has 0 amide bonds. The SMILES string of the molecule is CCc1nnc(C2CCSCC2)o1. The van der Waals surface area contributed by atoms with Crippen LogP contribution >= 0.6 is 11.8 Å². The van der Waals surface area contributed by atoms with Crippen LogP contribution in [0.25, 0.3) is 0 Å². The third kappa shape index (κ3) is 2.05. The predicted octanol–water partition coefficient (Wildman–Crippen LogP) is 2.24. The number of hydrogen-bond donors (Lipinski definition) is 0. The average molecular weight is 198 g/mol. The van der Waals surface area contributed by atoms with Gasteiger partial charge in [0.25, 0.3) is 0 Å². The van der Waals surface area contributed by atoms with Gasteiger partial charge >= 0.3 is 0 Å². The molecule has 0 aromatic carbocycles. The van der Waals surface area contributed by atoms with Crippen molar-refractivity contribution in [2.45, 2.75) is 32.1 Å². The van der Waals surface area contributed by atoms with Crippen LogP contribution in [0.15, 0.2) is 4.42 Å². The average Bonchev–Trinajstić information content (AvgIpc) is 2.67. The Balaban J connectivity index is 2.05. The van der Waals surface area contributed by atoms with E-state index >= 15 is 0 Å². The Labute approximate surface area is 82.3 Å². The molecular formula is C9H14N2OS. The zero-order valence-electron chi connectivity index (χ0n) is 7.82. The van der Waals surface area contributed by atoms with Gasteiger partial charge in [-0.05, 0) is 24.3 Å². The minimum Gasteiger partial charge on any atom is -0.425 e. The second kappa shape index (κ2) is 4.13. The quantitative estimate of drug-likeness (QED) is 0.730. The fourth-order valence-electron chi connectivity index (χ4n) is 1.52. The molecule has 1 aliphatic rings. The Kier molecular flexibility index (Phi) is 2.88. The molecule has 0 radical (unpaired) electrons. The summed E-state index contributed by atoms with van der Waals surface area (Å²) in [6.45, 7) is 2.04. The number of nitrogens with zero attached hydrogens (tertiary/aromatic N) is 2. The van der Waals surface area contributed by atoms with Crippen LogP contribution < -0.4 is 0 Å². The van der Waals surface area contributed by atoms with Crippen LogP contribution in [-0.2, 0) is 6.42 Å². The molecule has 1 fully saturated rings. The van der Waals surface area contributed by atoms with Gasteiger partial charge in [-0.1, -0.05) is 6.92 Å². The summed E-state index contributed by atoms with van der Waals surface area (Å²) in [5, 5.41) is 8.07. The highest BCUT2D eigenvalue weighted by Crippen LogP contribution is 2.30. The molecule has 0 atom stereocenters. The monoisotopic (exact) mass is 198 g/mol. The normalized spacial score (nSPS) is 19.2. The van der Waals surface area contributed by atoms with Crippen molar-refractivity contribution < 1.29 is 4.42 Å². The first-order valence-corrected chi connectivity index (χ1v) is 5.95. The molecule has 4 heteroatoms. The van der Waals surface area contributed by atoms with Crippen molar-refractivity contribution in [3.8, 4) is 0 Å². The molecule has 72 valence electrons. The van der Waals surface area contributed by atoms with Gasteiger partial charge in [0.15, 0.2) is 0 Å². The Hall–Kier alpha value is -0.510. The van der Waals surface area contributed by atoms with Crippen LogP contribution in [-0.4, -0.2) is 21.7 Å². The van der Waals surface area contributed by atoms with Crippen LogP contribution in [0.2, 0.25) is 0 Å². The van der Waals surface area contributed by atoms with Crippen molar-refractivity contribution in [2.75, 3.05) is 11.5 Å². The van der Waals surface area contributed by atoms with E-state index in [4.69, 9.17) is 4.42 Å². The summed E-state index contributed by atoms with van der Waals surface area (Å²) in [5.74, 6) is 4.61. The Morgan fingerprint density at radius 1 is 1.38 bits per heavy atom. The van der Waals surface area contributed by atoms with Gasteiger partial charge in [0.2, 0.25) is 11.8 Å². The number of aromatic nitrogens is 2. The lowest BCUT2D eigenvalue weighted by molar-refractivity contribution is 0.406. The van der Waals surface area contributed by atoms with Crippen molar-refractivity contribution in [1.82, 2.24) is 10.2 Å². The summed E-state index contributed by atoms with van der Waals surface area (Å²) >= 11 is 2.02. The number of thioether (sulfide) groups is 1. The lowest BCUT2D eigenvalue weighted by atomic mass is 10.0. The van der Waals surface area contributed by atoms with Gasteiger partial charge in [0.1, 0.15) is 0 Å². The zero-order chi connectivity index (χ0) is 9.10. The molecule has 13 heavy (non-hydrogen) atoms. The van der Waals surface area contributed by atoms with E-state index in [0.29, 0.717) is 5.92 Å². The molecule has 1 saturated heterocycles. The molecule has 1 aromatic rings. The molecule has 0 unspecified atom stereocenters. The summed E-state index contributed by atoms with van der Waals surface area (Å²) in [6.07, 6.45) is 3.22. The van der Waals surface area contributed by atoms with E-state index in [1.165, 1.54) is 24.3 Å². The van der Waals surface area contributed by atoms with Crippen LogP contribution in [0, 0.1) is 0 Å². The van der Waals surface area contributed by atoms with E-state index in [0.717, 1.165) is 18.2 Å². The first kappa shape index (κ1) is 9.06. The first-order valence-electron chi connectivity index (χ1n) is 4.80. The predicted molar refractivity (Wildman–Crippen MR) is 53.0 cm³/mol. The number of rotatable bonds is 2. The van der Waals surface area contributed by atoms with Gasteiger partial charge in [-0.2, -0.15) is 11.8 Å². The number of aryl methyl sites for hydroxylation is 1. The maximum Gasteiger partial charge on any atom is 0.219 e. The molecule has 3 nitrogen and oxygen atoms in total. The largest absolute Gasteiger partial charge is 0.425 e. The highest BCUT2D eigenvalue weighted by Gasteiger charge is 2.20. The van der Waals surface area contributed by atoms with Gasteiger partial charge in [0.05, 0.1) is 0 Å². The molecule has 0 N–H and O–H groups in total. The van der Waals surface area contributed by atoms with Gasteiger partial charge < -0.3 is 4.42 Å². The lowest BCUT2D eigenvalue weighted by Gasteiger charge is -2.17. The number of hydrogen-bond acceptors (Lipinski definition) is 4. The smallest absolute Gasteiger partial charge is 0.219 e. The van der Waals surface area contributed by atoms with Crippen molar-refractivity contribution in [2.24, 2.45) is 0 Å². The minimum absolute atomic E-state index is 0.522. The summed E-state index contributed by atoms with van der Waals surface area (Å²) in [6, 6.07) is 0. The van der Waals surface area contributed by atoms with Gasteiger partial charge in [0, 0.05) is 12.3 Å².